The number of nitrogens with zero attached hydrogens (tertiary/aromatic N) is 2. The number of H-pyrrole nitrogens is 1. The number of thiophene rings is 1. The summed E-state index contributed by atoms with van der Waals surface area (Å²) in [7, 11) is 1.64. The van der Waals surface area contributed by atoms with Gasteiger partial charge in [-0.25, -0.2) is 0 Å². The maximum Gasteiger partial charge on any atom is 0.273 e. The fourth-order valence-electron chi connectivity index (χ4n) is 3.88. The van der Waals surface area contributed by atoms with Gasteiger partial charge in [-0.3, -0.25) is 9.89 Å². The first-order valence-corrected chi connectivity index (χ1v) is 10.7. The Hall–Kier alpha value is -3.09. The third kappa shape index (κ3) is 3.09. The first kappa shape index (κ1) is 18.9. The number of methoxy groups -OCH3 is 1. The number of ether oxygens (including phenoxy) is 1. The maximum atomic E-state index is 13.4. The Morgan fingerprint density at radius 1 is 1.13 bits per heavy atom. The number of carbonyl (C=O) groups is 1. The summed E-state index contributed by atoms with van der Waals surface area (Å²) in [6, 6.07) is 19.2. The van der Waals surface area contributed by atoms with Crippen LogP contribution in [0.3, 0.4) is 0 Å². The van der Waals surface area contributed by atoms with Gasteiger partial charge in [-0.05, 0) is 47.3 Å². The van der Waals surface area contributed by atoms with Crippen molar-refractivity contribution in [2.75, 3.05) is 7.11 Å². The summed E-state index contributed by atoms with van der Waals surface area (Å²) >= 11 is 8.03. The molecule has 150 valence electrons. The summed E-state index contributed by atoms with van der Waals surface area (Å²) in [5.74, 6) is 0.702. The van der Waals surface area contributed by atoms with Crippen molar-refractivity contribution in [2.45, 2.75) is 12.6 Å². The number of rotatable bonds is 5. The quantitative estimate of drug-likeness (QED) is 0.447. The van der Waals surface area contributed by atoms with Gasteiger partial charge < -0.3 is 9.64 Å². The standard InChI is InChI=1S/C23H18ClN3O2S/c1-29-16-10-8-14(9-11-16)20-19-21(26-25-20)23(28)27(22(19)18-7-4-12-30-18)13-15-5-2-3-6-17(15)24/h2-12,22H,13H2,1H3,(H,25,26). The zero-order valence-corrected chi connectivity index (χ0v) is 17.7. The number of hydrogen-bond donors (Lipinski definition) is 1. The Morgan fingerprint density at radius 2 is 1.93 bits per heavy atom. The molecular formula is C23H18ClN3O2S. The first-order valence-electron chi connectivity index (χ1n) is 9.48. The van der Waals surface area contributed by atoms with E-state index in [0.29, 0.717) is 17.3 Å². The van der Waals surface area contributed by atoms with Crippen LogP contribution >= 0.6 is 22.9 Å². The maximum absolute atomic E-state index is 13.4. The van der Waals surface area contributed by atoms with Gasteiger partial charge in [0.25, 0.3) is 5.91 Å². The molecule has 5 rings (SSSR count). The van der Waals surface area contributed by atoms with Gasteiger partial charge in [-0.15, -0.1) is 11.3 Å². The molecule has 0 aliphatic carbocycles. The highest BCUT2D eigenvalue weighted by molar-refractivity contribution is 7.10. The fraction of sp³-hybridized carbons (Fsp3) is 0.130. The van der Waals surface area contributed by atoms with Gasteiger partial charge in [0.05, 0.1) is 18.8 Å². The van der Waals surface area contributed by atoms with E-state index in [-0.39, 0.29) is 11.9 Å². The van der Waals surface area contributed by atoms with Gasteiger partial charge in [-0.1, -0.05) is 35.9 Å². The third-order valence-electron chi connectivity index (χ3n) is 5.34. The Labute approximate surface area is 182 Å². The largest absolute Gasteiger partial charge is 0.497 e. The molecule has 7 heteroatoms. The number of fused-ring (bicyclic) bond motifs is 1. The molecule has 0 fully saturated rings. The van der Waals surface area contributed by atoms with E-state index in [1.807, 2.05) is 64.9 Å². The second kappa shape index (κ2) is 7.63. The van der Waals surface area contributed by atoms with Crippen LogP contribution in [0.5, 0.6) is 5.75 Å². The van der Waals surface area contributed by atoms with Crippen molar-refractivity contribution in [3.63, 3.8) is 0 Å². The van der Waals surface area contributed by atoms with E-state index in [4.69, 9.17) is 16.3 Å². The summed E-state index contributed by atoms with van der Waals surface area (Å²) in [6.07, 6.45) is 0. The van der Waals surface area contributed by atoms with E-state index in [0.717, 1.165) is 33.0 Å². The molecule has 1 N–H and O–H groups in total. The molecule has 1 unspecified atom stereocenters. The Kier molecular flexibility index (Phi) is 4.81. The average Bonchev–Trinajstić information content (AvgIpc) is 3.49. The minimum absolute atomic E-state index is 0.0735. The number of halogens is 1. The smallest absolute Gasteiger partial charge is 0.273 e. The number of nitrogens with one attached hydrogen (secondary N) is 1. The Balaban J connectivity index is 1.61. The van der Waals surface area contributed by atoms with Crippen molar-refractivity contribution >= 4 is 28.8 Å². The molecule has 0 saturated carbocycles. The van der Waals surface area contributed by atoms with Crippen LogP contribution in [0.15, 0.2) is 66.0 Å². The molecule has 0 bridgehead atoms. The van der Waals surface area contributed by atoms with Crippen molar-refractivity contribution in [3.05, 3.63) is 92.8 Å². The molecule has 30 heavy (non-hydrogen) atoms. The Morgan fingerprint density at radius 3 is 2.63 bits per heavy atom. The van der Waals surface area contributed by atoms with E-state index in [9.17, 15) is 4.79 Å². The van der Waals surface area contributed by atoms with E-state index in [1.165, 1.54) is 0 Å². The molecule has 0 saturated heterocycles. The molecule has 5 nitrogen and oxygen atoms in total. The van der Waals surface area contributed by atoms with Crippen LogP contribution < -0.4 is 4.74 Å². The predicted molar refractivity (Wildman–Crippen MR) is 118 cm³/mol. The summed E-state index contributed by atoms with van der Waals surface area (Å²) in [5, 5.41) is 10.2. The van der Waals surface area contributed by atoms with Gasteiger partial charge in [0.15, 0.2) is 0 Å². The van der Waals surface area contributed by atoms with E-state index >= 15 is 0 Å². The number of benzene rings is 2. The van der Waals surface area contributed by atoms with Crippen LogP contribution in [0.1, 0.15) is 32.5 Å². The van der Waals surface area contributed by atoms with Crippen LogP contribution in [0.25, 0.3) is 11.3 Å². The van der Waals surface area contributed by atoms with Gasteiger partial charge in [-0.2, -0.15) is 5.10 Å². The molecule has 2 aromatic heterocycles. The zero-order valence-electron chi connectivity index (χ0n) is 16.1. The molecule has 1 amide bonds. The van der Waals surface area contributed by atoms with Crippen LogP contribution in [0, 0.1) is 0 Å². The van der Waals surface area contributed by atoms with E-state index < -0.39 is 0 Å². The minimum Gasteiger partial charge on any atom is -0.497 e. The van der Waals surface area contributed by atoms with Crippen molar-refractivity contribution in [1.82, 2.24) is 15.1 Å². The molecule has 1 aliphatic heterocycles. The van der Waals surface area contributed by atoms with Crippen molar-refractivity contribution in [2.24, 2.45) is 0 Å². The average molecular weight is 436 g/mol. The summed E-state index contributed by atoms with van der Waals surface area (Å²) < 4.78 is 5.27. The fourth-order valence-corrected chi connectivity index (χ4v) is 4.92. The van der Waals surface area contributed by atoms with Crippen LogP contribution in [0.4, 0.5) is 0 Å². The molecular weight excluding hydrogens is 418 g/mol. The number of hydrogen-bond acceptors (Lipinski definition) is 4. The van der Waals surface area contributed by atoms with Crippen molar-refractivity contribution in [3.8, 4) is 17.0 Å². The molecule has 1 atom stereocenters. The highest BCUT2D eigenvalue weighted by Crippen LogP contribution is 2.45. The SMILES string of the molecule is COc1ccc(-c2n[nH]c3c2C(c2cccs2)N(Cc2ccccc2Cl)C3=O)cc1. The van der Waals surface area contributed by atoms with Crippen LogP contribution in [0.2, 0.25) is 5.02 Å². The highest BCUT2D eigenvalue weighted by atomic mass is 35.5. The topological polar surface area (TPSA) is 58.2 Å². The molecule has 1 aliphatic rings. The molecule has 4 aromatic rings. The lowest BCUT2D eigenvalue weighted by molar-refractivity contribution is 0.0732. The highest BCUT2D eigenvalue weighted by Gasteiger charge is 2.42. The summed E-state index contributed by atoms with van der Waals surface area (Å²) in [5.41, 5.74) is 4.06. The lowest BCUT2D eigenvalue weighted by atomic mass is 10.0. The van der Waals surface area contributed by atoms with Gasteiger partial charge in [0.1, 0.15) is 11.4 Å². The lowest BCUT2D eigenvalue weighted by Gasteiger charge is -2.25. The van der Waals surface area contributed by atoms with Crippen LogP contribution in [-0.2, 0) is 6.54 Å². The van der Waals surface area contributed by atoms with Crippen molar-refractivity contribution < 1.29 is 9.53 Å². The summed E-state index contributed by atoms with van der Waals surface area (Å²) in [4.78, 5) is 16.3. The minimum atomic E-state index is -0.223. The van der Waals surface area contributed by atoms with E-state index in [1.54, 1.807) is 18.4 Å². The molecule has 0 spiro atoms. The van der Waals surface area contributed by atoms with Crippen LogP contribution in [-0.4, -0.2) is 28.1 Å². The van der Waals surface area contributed by atoms with Gasteiger partial charge in [0.2, 0.25) is 0 Å². The van der Waals surface area contributed by atoms with E-state index in [2.05, 4.69) is 16.3 Å². The third-order valence-corrected chi connectivity index (χ3v) is 6.63. The second-order valence-corrected chi connectivity index (χ2v) is 8.42. The zero-order chi connectivity index (χ0) is 20.7. The first-order chi connectivity index (χ1) is 14.7. The van der Waals surface area contributed by atoms with Gasteiger partial charge >= 0.3 is 0 Å². The Bertz CT molecular complexity index is 1200. The van der Waals surface area contributed by atoms with Gasteiger partial charge in [0, 0.05) is 27.6 Å². The number of carbonyl (C=O) groups excluding carboxylic acids is 1. The number of amides is 1. The monoisotopic (exact) mass is 435 g/mol. The number of aromatic nitrogens is 2. The summed E-state index contributed by atoms with van der Waals surface area (Å²) in [6.45, 7) is 0.422. The molecule has 2 aromatic carbocycles. The predicted octanol–water partition coefficient (Wildman–Crippen LogP) is 5.55. The van der Waals surface area contributed by atoms with Crippen molar-refractivity contribution in [1.29, 1.82) is 0 Å². The molecule has 0 radical (unpaired) electrons. The number of aromatic amines is 1. The normalized spacial score (nSPS) is 15.5. The molecule has 3 heterocycles. The second-order valence-electron chi connectivity index (χ2n) is 7.03. The lowest BCUT2D eigenvalue weighted by Crippen LogP contribution is -2.28.